The molecule has 0 aromatic heterocycles. The lowest BCUT2D eigenvalue weighted by molar-refractivity contribution is -0.112. The molecule has 0 radical (unpaired) electrons. The van der Waals surface area contributed by atoms with Gasteiger partial charge < -0.3 is 14.6 Å². The summed E-state index contributed by atoms with van der Waals surface area (Å²) in [6, 6.07) is 5.92. The summed E-state index contributed by atoms with van der Waals surface area (Å²) in [5, 5.41) is 0. The van der Waals surface area contributed by atoms with Crippen LogP contribution in [0.2, 0.25) is 0 Å². The fourth-order valence-electron chi connectivity index (χ4n) is 6.48. The van der Waals surface area contributed by atoms with E-state index in [2.05, 4.69) is 24.0 Å². The third-order valence-corrected chi connectivity index (χ3v) is 9.85. The summed E-state index contributed by atoms with van der Waals surface area (Å²) in [6.07, 6.45) is 19.5. The number of aldehydes is 1. The van der Waals surface area contributed by atoms with E-state index in [1.165, 1.54) is 102 Å². The Morgan fingerprint density at radius 2 is 1.74 bits per heavy atom. The van der Waals surface area contributed by atoms with Gasteiger partial charge in [-0.15, -0.1) is 11.8 Å². The number of carbonyl (C=O) groups excluding carboxylic acids is 2. The molecular formula is C30H46N2O2S. The van der Waals surface area contributed by atoms with E-state index in [4.69, 9.17) is 0 Å². The molecule has 5 heteroatoms. The molecule has 1 atom stereocenters. The largest absolute Gasteiger partial charge is 0.325 e. The molecular weight excluding hydrogens is 452 g/mol. The molecule has 2 heterocycles. The Balaban J connectivity index is 1.07. The molecule has 1 aromatic rings. The highest BCUT2D eigenvalue weighted by Crippen LogP contribution is 2.44. The molecule has 35 heavy (non-hydrogen) atoms. The van der Waals surface area contributed by atoms with Crippen molar-refractivity contribution in [3.8, 4) is 0 Å². The molecule has 4 nitrogen and oxygen atoms in total. The van der Waals surface area contributed by atoms with Crippen molar-refractivity contribution >= 4 is 24.0 Å². The van der Waals surface area contributed by atoms with Crippen LogP contribution in [0, 0.1) is 5.41 Å². The van der Waals surface area contributed by atoms with Crippen LogP contribution < -0.4 is 0 Å². The van der Waals surface area contributed by atoms with E-state index in [1.54, 1.807) is 4.90 Å². The summed E-state index contributed by atoms with van der Waals surface area (Å²) < 4.78 is 0. The highest BCUT2D eigenvalue weighted by molar-refractivity contribution is 7.99. The summed E-state index contributed by atoms with van der Waals surface area (Å²) >= 11 is 1.90. The molecule has 1 unspecified atom stereocenters. The highest BCUT2D eigenvalue weighted by Gasteiger charge is 2.35. The number of likely N-dealkylation sites (tertiary alicyclic amines) is 1. The van der Waals surface area contributed by atoms with Crippen LogP contribution in [0.1, 0.15) is 113 Å². The van der Waals surface area contributed by atoms with Gasteiger partial charge in [0.2, 0.25) is 0 Å². The first kappa shape index (κ1) is 26.7. The summed E-state index contributed by atoms with van der Waals surface area (Å²) in [6.45, 7) is 6.62. The molecule has 1 aromatic carbocycles. The van der Waals surface area contributed by atoms with Gasteiger partial charge in [0.15, 0.2) is 0 Å². The second-order valence-electron chi connectivity index (χ2n) is 11.3. The number of thioether (sulfide) groups is 1. The molecule has 4 rings (SSSR count). The molecule has 3 aliphatic rings. The molecule has 1 amide bonds. The van der Waals surface area contributed by atoms with Gasteiger partial charge in [0, 0.05) is 17.0 Å². The van der Waals surface area contributed by atoms with Crippen molar-refractivity contribution in [3.63, 3.8) is 0 Å². The first-order valence-electron chi connectivity index (χ1n) is 14.4. The van der Waals surface area contributed by atoms with Crippen molar-refractivity contribution in [2.75, 3.05) is 25.4 Å². The summed E-state index contributed by atoms with van der Waals surface area (Å²) in [4.78, 5) is 29.9. The number of hydrogen-bond acceptors (Lipinski definition) is 4. The van der Waals surface area contributed by atoms with Crippen molar-refractivity contribution in [1.29, 1.82) is 0 Å². The first-order chi connectivity index (χ1) is 17.1. The first-order valence-corrected chi connectivity index (χ1v) is 15.4. The van der Waals surface area contributed by atoms with Crippen molar-refractivity contribution < 1.29 is 9.59 Å². The van der Waals surface area contributed by atoms with Gasteiger partial charge >= 0.3 is 0 Å². The Bertz CT molecular complexity index is 826. The van der Waals surface area contributed by atoms with Gasteiger partial charge in [0.05, 0.1) is 6.04 Å². The van der Waals surface area contributed by atoms with E-state index in [9.17, 15) is 9.59 Å². The fraction of sp³-hybridized carbons (Fsp3) is 0.733. The maximum Gasteiger partial charge on any atom is 0.255 e. The van der Waals surface area contributed by atoms with Crippen LogP contribution in [0.4, 0.5) is 0 Å². The SMILES string of the molecule is CCCC(C=O)N1Cc2cc(SCCCCCCCN3CCC4(CCCCC4)CC3)ccc2C1=O. The Kier molecular flexibility index (Phi) is 10.1. The zero-order valence-electron chi connectivity index (χ0n) is 21.9. The van der Waals surface area contributed by atoms with Gasteiger partial charge in [-0.3, -0.25) is 4.79 Å². The second-order valence-corrected chi connectivity index (χ2v) is 12.4. The van der Waals surface area contributed by atoms with Crippen LogP contribution in [-0.2, 0) is 11.3 Å². The number of amides is 1. The van der Waals surface area contributed by atoms with E-state index in [1.807, 2.05) is 17.8 Å². The topological polar surface area (TPSA) is 40.6 Å². The van der Waals surface area contributed by atoms with Gasteiger partial charge in [0.25, 0.3) is 5.91 Å². The maximum atomic E-state index is 12.7. The van der Waals surface area contributed by atoms with E-state index < -0.39 is 0 Å². The minimum Gasteiger partial charge on any atom is -0.325 e. The number of piperidine rings is 1. The van der Waals surface area contributed by atoms with Gasteiger partial charge in [0.1, 0.15) is 6.29 Å². The minimum atomic E-state index is -0.292. The van der Waals surface area contributed by atoms with E-state index in [-0.39, 0.29) is 11.9 Å². The molecule has 0 bridgehead atoms. The summed E-state index contributed by atoms with van der Waals surface area (Å²) in [5.74, 6) is 1.15. The number of unbranched alkanes of at least 4 members (excludes halogenated alkanes) is 4. The molecule has 1 spiro atoms. The number of nitrogens with zero attached hydrogens (tertiary/aromatic N) is 2. The van der Waals surface area contributed by atoms with Crippen LogP contribution in [0.3, 0.4) is 0 Å². The third kappa shape index (κ3) is 7.13. The van der Waals surface area contributed by atoms with Crippen LogP contribution in [0.25, 0.3) is 0 Å². The molecule has 1 saturated carbocycles. The van der Waals surface area contributed by atoms with E-state index >= 15 is 0 Å². The number of rotatable bonds is 13. The third-order valence-electron chi connectivity index (χ3n) is 8.77. The Morgan fingerprint density at radius 1 is 1.00 bits per heavy atom. The van der Waals surface area contributed by atoms with Crippen molar-refractivity contribution in [1.82, 2.24) is 9.80 Å². The number of fused-ring (bicyclic) bond motifs is 1. The minimum absolute atomic E-state index is 0.0140. The monoisotopic (exact) mass is 498 g/mol. The molecule has 1 aliphatic carbocycles. The highest BCUT2D eigenvalue weighted by atomic mass is 32.2. The standard InChI is InChI=1S/C30H46N2O2S/c1-2-11-26(24-33)32-23-25-22-27(12-13-28(25)29(32)34)35-21-10-5-3-4-9-18-31-19-16-30(17-20-31)14-7-6-8-15-30/h12-13,22,24,26H,2-11,14-21,23H2,1H3. The lowest BCUT2D eigenvalue weighted by Gasteiger charge is -2.44. The van der Waals surface area contributed by atoms with Gasteiger partial charge in [-0.05, 0) is 99.5 Å². The molecule has 2 aliphatic heterocycles. The van der Waals surface area contributed by atoms with Crippen LogP contribution in [0.15, 0.2) is 23.1 Å². The summed E-state index contributed by atoms with van der Waals surface area (Å²) in [5.41, 5.74) is 2.59. The average Bonchev–Trinajstić information content (AvgIpc) is 3.21. The summed E-state index contributed by atoms with van der Waals surface area (Å²) in [7, 11) is 0. The van der Waals surface area contributed by atoms with Crippen LogP contribution >= 0.6 is 11.8 Å². The number of benzene rings is 1. The van der Waals surface area contributed by atoms with Crippen LogP contribution in [-0.4, -0.2) is 53.4 Å². The molecule has 1 saturated heterocycles. The number of hydrogen-bond donors (Lipinski definition) is 0. The maximum absolute atomic E-state index is 12.7. The normalized spacial score (nSPS) is 20.8. The van der Waals surface area contributed by atoms with Crippen molar-refractivity contribution in [3.05, 3.63) is 29.3 Å². The lowest BCUT2D eigenvalue weighted by atomic mass is 9.68. The van der Waals surface area contributed by atoms with Gasteiger partial charge in [-0.2, -0.15) is 0 Å². The Hall–Kier alpha value is -1.33. The zero-order chi connectivity index (χ0) is 24.5. The van der Waals surface area contributed by atoms with Crippen molar-refractivity contribution in [2.24, 2.45) is 5.41 Å². The van der Waals surface area contributed by atoms with Gasteiger partial charge in [-0.25, -0.2) is 0 Å². The Morgan fingerprint density at radius 3 is 2.49 bits per heavy atom. The number of carbonyl (C=O) groups is 2. The molecule has 2 fully saturated rings. The van der Waals surface area contributed by atoms with E-state index in [0.717, 1.165) is 41.4 Å². The van der Waals surface area contributed by atoms with Crippen molar-refractivity contribution in [2.45, 2.75) is 114 Å². The second kappa shape index (κ2) is 13.3. The quantitative estimate of drug-likeness (QED) is 0.165. The predicted octanol–water partition coefficient (Wildman–Crippen LogP) is 7.10. The lowest BCUT2D eigenvalue weighted by Crippen LogP contribution is -2.41. The Labute approximate surface area is 217 Å². The smallest absolute Gasteiger partial charge is 0.255 e. The average molecular weight is 499 g/mol. The molecule has 0 N–H and O–H groups in total. The fourth-order valence-corrected chi connectivity index (χ4v) is 7.45. The zero-order valence-corrected chi connectivity index (χ0v) is 22.8. The molecule has 194 valence electrons. The van der Waals surface area contributed by atoms with E-state index in [0.29, 0.717) is 6.54 Å². The van der Waals surface area contributed by atoms with Gasteiger partial charge in [-0.1, -0.05) is 51.9 Å². The van der Waals surface area contributed by atoms with Crippen LogP contribution in [0.5, 0.6) is 0 Å². The predicted molar refractivity (Wildman–Crippen MR) is 146 cm³/mol.